The van der Waals surface area contributed by atoms with Crippen molar-refractivity contribution in [2.45, 2.75) is 6.54 Å². The molecule has 0 aliphatic heterocycles. The second kappa shape index (κ2) is 6.32. The number of nitro benzene ring substituents is 1. The molecule has 0 atom stereocenters. The quantitative estimate of drug-likeness (QED) is 0.695. The van der Waals surface area contributed by atoms with Crippen LogP contribution in [-0.4, -0.2) is 10.8 Å². The van der Waals surface area contributed by atoms with Crippen LogP contribution in [0, 0.1) is 15.9 Å². The normalized spacial score (nSPS) is 10.2. The van der Waals surface area contributed by atoms with Gasteiger partial charge in [-0.3, -0.25) is 14.9 Å². The highest BCUT2D eigenvalue weighted by atomic mass is 35.5. The van der Waals surface area contributed by atoms with E-state index in [4.69, 9.17) is 11.6 Å². The summed E-state index contributed by atoms with van der Waals surface area (Å²) in [4.78, 5) is 22.1. The van der Waals surface area contributed by atoms with Crippen LogP contribution in [0.1, 0.15) is 15.9 Å². The summed E-state index contributed by atoms with van der Waals surface area (Å²) in [6.07, 6.45) is 0. The number of nitrogens with zero attached hydrogens (tertiary/aromatic N) is 1. The van der Waals surface area contributed by atoms with Crippen LogP contribution < -0.4 is 5.32 Å². The number of nitro groups is 1. The Balaban J connectivity index is 2.15. The molecule has 21 heavy (non-hydrogen) atoms. The minimum atomic E-state index is -0.621. The predicted octanol–water partition coefficient (Wildman–Crippen LogP) is 3.32. The lowest BCUT2D eigenvalue weighted by Crippen LogP contribution is -2.23. The minimum absolute atomic E-state index is 0.0257. The number of non-ortho nitro benzene ring substituents is 1. The van der Waals surface area contributed by atoms with E-state index >= 15 is 0 Å². The molecule has 0 radical (unpaired) electrons. The van der Waals surface area contributed by atoms with Crippen LogP contribution in [0.2, 0.25) is 5.02 Å². The first-order chi connectivity index (χ1) is 9.99. The number of nitrogens with one attached hydrogen (secondary N) is 1. The van der Waals surface area contributed by atoms with Crippen LogP contribution in [-0.2, 0) is 6.54 Å². The number of rotatable bonds is 4. The summed E-state index contributed by atoms with van der Waals surface area (Å²) < 4.78 is 13.4. The molecule has 1 N–H and O–H groups in total. The molecule has 108 valence electrons. The third-order valence-corrected chi connectivity index (χ3v) is 3.13. The number of hydrogen-bond donors (Lipinski definition) is 1. The second-order valence-corrected chi connectivity index (χ2v) is 4.60. The third-order valence-electron chi connectivity index (χ3n) is 2.80. The maximum atomic E-state index is 13.4. The van der Waals surface area contributed by atoms with Crippen LogP contribution in [0.4, 0.5) is 10.1 Å². The lowest BCUT2D eigenvalue weighted by Gasteiger charge is -2.07. The molecule has 0 aliphatic carbocycles. The number of amides is 1. The highest BCUT2D eigenvalue weighted by molar-refractivity contribution is 6.33. The van der Waals surface area contributed by atoms with Crippen molar-refractivity contribution < 1.29 is 14.1 Å². The lowest BCUT2D eigenvalue weighted by atomic mass is 10.1. The SMILES string of the molecule is O=C(NCc1ccccc1F)c1cc([N+](=O)[O-])ccc1Cl. The Bertz CT molecular complexity index is 706. The minimum Gasteiger partial charge on any atom is -0.348 e. The van der Waals surface area contributed by atoms with Gasteiger partial charge >= 0.3 is 0 Å². The predicted molar refractivity (Wildman–Crippen MR) is 75.7 cm³/mol. The highest BCUT2D eigenvalue weighted by Gasteiger charge is 2.16. The summed E-state index contributed by atoms with van der Waals surface area (Å²) in [6.45, 7) is -0.0372. The Labute approximate surface area is 124 Å². The highest BCUT2D eigenvalue weighted by Crippen LogP contribution is 2.22. The van der Waals surface area contributed by atoms with Gasteiger partial charge in [0.15, 0.2) is 0 Å². The van der Waals surface area contributed by atoms with E-state index in [1.165, 1.54) is 30.3 Å². The van der Waals surface area contributed by atoms with Gasteiger partial charge in [-0.2, -0.15) is 0 Å². The van der Waals surface area contributed by atoms with Crippen molar-refractivity contribution >= 4 is 23.2 Å². The standard InChI is InChI=1S/C14H10ClFN2O3/c15-12-6-5-10(18(20)21)7-11(12)14(19)17-8-9-3-1-2-4-13(9)16/h1-7H,8H2,(H,17,19). The van der Waals surface area contributed by atoms with E-state index in [1.807, 2.05) is 0 Å². The average molecular weight is 309 g/mol. The van der Waals surface area contributed by atoms with Crippen LogP contribution in [0.5, 0.6) is 0 Å². The largest absolute Gasteiger partial charge is 0.348 e. The molecule has 0 aromatic heterocycles. The molecule has 2 rings (SSSR count). The molecular weight excluding hydrogens is 299 g/mol. The van der Waals surface area contributed by atoms with Crippen molar-refractivity contribution in [2.24, 2.45) is 0 Å². The molecule has 0 heterocycles. The summed E-state index contributed by atoms with van der Waals surface area (Å²) in [7, 11) is 0. The fourth-order valence-corrected chi connectivity index (χ4v) is 1.92. The molecule has 0 spiro atoms. The van der Waals surface area contributed by atoms with Gasteiger partial charge in [0.25, 0.3) is 11.6 Å². The molecule has 0 saturated heterocycles. The molecule has 0 unspecified atom stereocenters. The van der Waals surface area contributed by atoms with Crippen LogP contribution in [0.3, 0.4) is 0 Å². The summed E-state index contributed by atoms with van der Waals surface area (Å²) in [5.74, 6) is -1.05. The van der Waals surface area contributed by atoms with Gasteiger partial charge in [0.05, 0.1) is 15.5 Å². The zero-order chi connectivity index (χ0) is 15.4. The Morgan fingerprint density at radius 2 is 2.00 bits per heavy atom. The van der Waals surface area contributed by atoms with E-state index < -0.39 is 16.6 Å². The third kappa shape index (κ3) is 3.55. The molecule has 2 aromatic carbocycles. The van der Waals surface area contributed by atoms with Gasteiger partial charge in [-0.25, -0.2) is 4.39 Å². The van der Waals surface area contributed by atoms with Crippen LogP contribution >= 0.6 is 11.6 Å². The maximum Gasteiger partial charge on any atom is 0.270 e. The molecule has 0 fully saturated rings. The first-order valence-corrected chi connectivity index (χ1v) is 6.32. The summed E-state index contributed by atoms with van der Waals surface area (Å²) >= 11 is 5.85. The Hall–Kier alpha value is -2.47. The lowest BCUT2D eigenvalue weighted by molar-refractivity contribution is -0.384. The van der Waals surface area contributed by atoms with Gasteiger partial charge in [0.1, 0.15) is 5.82 Å². The van der Waals surface area contributed by atoms with E-state index in [0.717, 1.165) is 6.07 Å². The Morgan fingerprint density at radius 1 is 1.29 bits per heavy atom. The number of hydrogen-bond acceptors (Lipinski definition) is 3. The van der Waals surface area contributed by atoms with Crippen molar-refractivity contribution in [3.8, 4) is 0 Å². The Morgan fingerprint density at radius 3 is 2.67 bits per heavy atom. The number of benzene rings is 2. The van der Waals surface area contributed by atoms with Crippen molar-refractivity contribution in [3.05, 3.63) is 74.5 Å². The van der Waals surface area contributed by atoms with Crippen LogP contribution in [0.25, 0.3) is 0 Å². The fraction of sp³-hybridized carbons (Fsp3) is 0.0714. The molecule has 0 bridgehead atoms. The number of halogens is 2. The molecule has 0 saturated carbocycles. The van der Waals surface area contributed by atoms with E-state index in [-0.39, 0.29) is 22.8 Å². The molecule has 2 aromatic rings. The van der Waals surface area contributed by atoms with Gasteiger partial charge in [0.2, 0.25) is 0 Å². The van der Waals surface area contributed by atoms with Crippen molar-refractivity contribution in [1.29, 1.82) is 0 Å². The zero-order valence-corrected chi connectivity index (χ0v) is 11.4. The topological polar surface area (TPSA) is 72.2 Å². The van der Waals surface area contributed by atoms with Gasteiger partial charge < -0.3 is 5.32 Å². The first kappa shape index (κ1) is 14.9. The van der Waals surface area contributed by atoms with Crippen LogP contribution in [0.15, 0.2) is 42.5 Å². The van der Waals surface area contributed by atoms with Gasteiger partial charge in [-0.1, -0.05) is 29.8 Å². The zero-order valence-electron chi connectivity index (χ0n) is 10.7. The molecular formula is C14H10ClFN2O3. The summed E-state index contributed by atoms with van der Waals surface area (Å²) in [5.41, 5.74) is 0.0463. The summed E-state index contributed by atoms with van der Waals surface area (Å²) in [5, 5.41) is 13.3. The Kier molecular flexibility index (Phi) is 4.49. The average Bonchev–Trinajstić information content (AvgIpc) is 2.46. The van der Waals surface area contributed by atoms with Crippen molar-refractivity contribution in [3.63, 3.8) is 0 Å². The van der Waals surface area contributed by atoms with E-state index in [2.05, 4.69) is 5.32 Å². The number of carbonyl (C=O) groups excluding carboxylic acids is 1. The first-order valence-electron chi connectivity index (χ1n) is 5.94. The van der Waals surface area contributed by atoms with Crippen molar-refractivity contribution in [1.82, 2.24) is 5.32 Å². The molecule has 5 nitrogen and oxygen atoms in total. The van der Waals surface area contributed by atoms with Gasteiger partial charge in [-0.15, -0.1) is 0 Å². The van der Waals surface area contributed by atoms with Gasteiger partial charge in [-0.05, 0) is 12.1 Å². The maximum absolute atomic E-state index is 13.4. The molecule has 7 heteroatoms. The van der Waals surface area contributed by atoms with Crippen molar-refractivity contribution in [2.75, 3.05) is 0 Å². The molecule has 1 amide bonds. The van der Waals surface area contributed by atoms with E-state index in [9.17, 15) is 19.3 Å². The van der Waals surface area contributed by atoms with Gasteiger partial charge in [0, 0.05) is 24.2 Å². The fourth-order valence-electron chi connectivity index (χ4n) is 1.71. The summed E-state index contributed by atoms with van der Waals surface area (Å²) in [6, 6.07) is 9.56. The second-order valence-electron chi connectivity index (χ2n) is 4.20. The van der Waals surface area contributed by atoms with E-state index in [1.54, 1.807) is 6.07 Å². The molecule has 0 aliphatic rings. The number of carbonyl (C=O) groups is 1. The van der Waals surface area contributed by atoms with E-state index in [0.29, 0.717) is 5.56 Å². The smallest absolute Gasteiger partial charge is 0.270 e. The monoisotopic (exact) mass is 308 g/mol.